The van der Waals surface area contributed by atoms with Gasteiger partial charge in [-0.2, -0.15) is 0 Å². The Balaban J connectivity index is 1.95. The summed E-state index contributed by atoms with van der Waals surface area (Å²) < 4.78 is 0. The first-order valence-corrected chi connectivity index (χ1v) is 6.72. The molecule has 2 fully saturated rings. The Morgan fingerprint density at radius 2 is 2.13 bits per heavy atom. The highest BCUT2D eigenvalue weighted by molar-refractivity contribution is 5.28. The topological polar surface area (TPSA) is 0 Å². The van der Waals surface area contributed by atoms with Gasteiger partial charge in [0, 0.05) is 0 Å². The summed E-state index contributed by atoms with van der Waals surface area (Å²) >= 11 is 0. The van der Waals surface area contributed by atoms with Crippen molar-refractivity contribution >= 4 is 0 Å². The van der Waals surface area contributed by atoms with E-state index in [4.69, 9.17) is 0 Å². The highest BCUT2D eigenvalue weighted by Gasteiger charge is 2.64. The van der Waals surface area contributed by atoms with Crippen molar-refractivity contribution in [3.05, 3.63) is 11.6 Å². The van der Waals surface area contributed by atoms with Gasteiger partial charge in [-0.3, -0.25) is 0 Å². The van der Waals surface area contributed by atoms with Gasteiger partial charge in [-0.25, -0.2) is 0 Å². The first-order valence-electron chi connectivity index (χ1n) is 6.72. The van der Waals surface area contributed by atoms with Gasteiger partial charge in [0.2, 0.25) is 0 Å². The van der Waals surface area contributed by atoms with Crippen molar-refractivity contribution in [3.63, 3.8) is 0 Å². The molecule has 0 radical (unpaired) electrons. The molecule has 0 saturated heterocycles. The minimum Gasteiger partial charge on any atom is -0.0850 e. The number of hydrogen-bond acceptors (Lipinski definition) is 0. The van der Waals surface area contributed by atoms with Crippen molar-refractivity contribution < 1.29 is 0 Å². The zero-order valence-electron chi connectivity index (χ0n) is 10.6. The Bertz CT molecular complexity index is 312. The monoisotopic (exact) mass is 204 g/mol. The quantitative estimate of drug-likeness (QED) is 0.559. The summed E-state index contributed by atoms with van der Waals surface area (Å²) in [4.78, 5) is 0. The fraction of sp³-hybridized carbons (Fsp3) is 0.867. The van der Waals surface area contributed by atoms with Crippen molar-refractivity contribution in [2.24, 2.45) is 35.0 Å². The third-order valence-electron chi connectivity index (χ3n) is 5.96. The number of hydrogen-bond donors (Lipinski definition) is 0. The van der Waals surface area contributed by atoms with Crippen molar-refractivity contribution in [2.75, 3.05) is 0 Å². The van der Waals surface area contributed by atoms with Crippen LogP contribution < -0.4 is 0 Å². The van der Waals surface area contributed by atoms with Crippen LogP contribution in [0.1, 0.15) is 47.0 Å². The van der Waals surface area contributed by atoms with E-state index >= 15 is 0 Å². The smallest absolute Gasteiger partial charge is 0.0115 e. The third-order valence-corrected chi connectivity index (χ3v) is 5.96. The van der Waals surface area contributed by atoms with Gasteiger partial charge in [-0.05, 0) is 61.2 Å². The van der Waals surface area contributed by atoms with Crippen molar-refractivity contribution in [1.29, 1.82) is 0 Å². The fourth-order valence-corrected chi connectivity index (χ4v) is 5.25. The van der Waals surface area contributed by atoms with Crippen LogP contribution in [0.15, 0.2) is 11.6 Å². The minimum atomic E-state index is 0.703. The Morgan fingerprint density at radius 3 is 2.73 bits per heavy atom. The van der Waals surface area contributed by atoms with Crippen LogP contribution in [0.2, 0.25) is 0 Å². The predicted molar refractivity (Wildman–Crippen MR) is 64.5 cm³/mol. The zero-order chi connectivity index (χ0) is 10.8. The summed E-state index contributed by atoms with van der Waals surface area (Å²) in [7, 11) is 0. The molecule has 15 heavy (non-hydrogen) atoms. The van der Waals surface area contributed by atoms with Gasteiger partial charge in [-0.15, -0.1) is 0 Å². The van der Waals surface area contributed by atoms with Crippen LogP contribution in [0.4, 0.5) is 0 Å². The second-order valence-electron chi connectivity index (χ2n) is 6.80. The zero-order valence-corrected chi connectivity index (χ0v) is 10.6. The van der Waals surface area contributed by atoms with Gasteiger partial charge in [0.25, 0.3) is 0 Å². The number of fused-ring (bicyclic) bond motifs is 1. The maximum atomic E-state index is 2.56. The maximum absolute atomic E-state index is 2.56. The first kappa shape index (κ1) is 9.93. The van der Waals surface area contributed by atoms with E-state index in [9.17, 15) is 0 Å². The lowest BCUT2D eigenvalue weighted by Gasteiger charge is -2.70. The van der Waals surface area contributed by atoms with E-state index in [-0.39, 0.29) is 0 Å². The van der Waals surface area contributed by atoms with Gasteiger partial charge in [0.05, 0.1) is 0 Å². The molecule has 0 aliphatic heterocycles. The van der Waals surface area contributed by atoms with Gasteiger partial charge in [0.1, 0.15) is 0 Å². The average molecular weight is 204 g/mol. The van der Waals surface area contributed by atoms with Gasteiger partial charge >= 0.3 is 0 Å². The van der Waals surface area contributed by atoms with E-state index in [0.717, 1.165) is 29.6 Å². The Kier molecular flexibility index (Phi) is 1.92. The second kappa shape index (κ2) is 2.90. The molecule has 0 N–H and O–H groups in total. The van der Waals surface area contributed by atoms with Gasteiger partial charge in [-0.1, -0.05) is 32.4 Å². The summed E-state index contributed by atoms with van der Waals surface area (Å²) in [5, 5.41) is 0. The Morgan fingerprint density at radius 1 is 1.40 bits per heavy atom. The van der Waals surface area contributed by atoms with Crippen LogP contribution in [0, 0.1) is 35.0 Å². The lowest BCUT2D eigenvalue weighted by atomic mass is 9.34. The molecular formula is C15H24. The van der Waals surface area contributed by atoms with Crippen LogP contribution in [0.25, 0.3) is 0 Å². The molecule has 4 rings (SSSR count). The SMILES string of the molecule is CC1=CCC2C3C(C(C)C)CC[C@]2(C)C13. The minimum absolute atomic E-state index is 0.703. The maximum Gasteiger partial charge on any atom is -0.0115 e. The van der Waals surface area contributed by atoms with Gasteiger partial charge in [0.15, 0.2) is 0 Å². The molecule has 0 heterocycles. The molecule has 0 aromatic rings. The molecule has 4 unspecified atom stereocenters. The molecule has 0 heteroatoms. The van der Waals surface area contributed by atoms with Crippen molar-refractivity contribution in [3.8, 4) is 0 Å². The van der Waals surface area contributed by atoms with Crippen molar-refractivity contribution in [1.82, 2.24) is 0 Å². The molecule has 0 aromatic heterocycles. The summed E-state index contributed by atoms with van der Waals surface area (Å²) in [6.45, 7) is 9.81. The Labute approximate surface area is 94.1 Å². The molecule has 4 aliphatic carbocycles. The highest BCUT2D eigenvalue weighted by atomic mass is 14.7. The molecule has 0 nitrogen and oxygen atoms in total. The molecule has 0 spiro atoms. The van der Waals surface area contributed by atoms with Crippen LogP contribution in [0.3, 0.4) is 0 Å². The van der Waals surface area contributed by atoms with E-state index in [1.165, 1.54) is 19.3 Å². The third kappa shape index (κ3) is 1.04. The normalized spacial score (nSPS) is 52.5. The van der Waals surface area contributed by atoms with E-state index in [1.54, 1.807) is 5.57 Å². The second-order valence-corrected chi connectivity index (χ2v) is 6.80. The molecular weight excluding hydrogens is 180 g/mol. The predicted octanol–water partition coefficient (Wildman–Crippen LogP) is 4.27. The summed E-state index contributed by atoms with van der Waals surface area (Å²) in [5.74, 6) is 4.96. The molecule has 0 aromatic carbocycles. The lowest BCUT2D eigenvalue weighted by molar-refractivity contribution is -0.181. The lowest BCUT2D eigenvalue weighted by Crippen LogP contribution is -2.63. The molecule has 84 valence electrons. The number of allylic oxidation sites excluding steroid dienone is 2. The standard InChI is InChI=1S/C15H24/c1-9(2)11-7-8-15(4)12-6-5-10(3)14(15)13(11)12/h5,9,11-14H,6-8H2,1-4H3/t11?,12?,13?,14?,15-/m0/s1. The molecule has 4 bridgehead atoms. The van der Waals surface area contributed by atoms with Crippen LogP contribution in [0.5, 0.6) is 0 Å². The largest absolute Gasteiger partial charge is 0.0850 e. The van der Waals surface area contributed by atoms with Gasteiger partial charge < -0.3 is 0 Å². The molecule has 5 atom stereocenters. The van der Waals surface area contributed by atoms with E-state index in [2.05, 4.69) is 33.8 Å². The van der Waals surface area contributed by atoms with Crippen LogP contribution in [-0.4, -0.2) is 0 Å². The Hall–Kier alpha value is -0.260. The summed E-state index contributed by atoms with van der Waals surface area (Å²) in [6.07, 6.45) is 6.90. The first-order chi connectivity index (χ1) is 7.05. The van der Waals surface area contributed by atoms with E-state index < -0.39 is 0 Å². The summed E-state index contributed by atoms with van der Waals surface area (Å²) in [6, 6.07) is 0. The van der Waals surface area contributed by atoms with Crippen LogP contribution >= 0.6 is 0 Å². The number of rotatable bonds is 1. The van der Waals surface area contributed by atoms with Crippen LogP contribution in [-0.2, 0) is 0 Å². The van der Waals surface area contributed by atoms with E-state index in [1.807, 2.05) is 0 Å². The summed E-state index contributed by atoms with van der Waals surface area (Å²) in [5.41, 5.74) is 2.42. The highest BCUT2D eigenvalue weighted by Crippen LogP contribution is 2.71. The molecule has 2 saturated carbocycles. The fourth-order valence-electron chi connectivity index (χ4n) is 5.25. The molecule has 0 amide bonds. The average Bonchev–Trinajstić information content (AvgIpc) is 2.17. The molecule has 4 aliphatic rings. The van der Waals surface area contributed by atoms with E-state index in [0.29, 0.717) is 5.41 Å². The van der Waals surface area contributed by atoms with Crippen molar-refractivity contribution in [2.45, 2.75) is 47.0 Å².